The van der Waals surface area contributed by atoms with Crippen LogP contribution in [0.25, 0.3) is 0 Å². The van der Waals surface area contributed by atoms with Gasteiger partial charge in [-0.3, -0.25) is 0 Å². The Morgan fingerprint density at radius 2 is 1.95 bits per heavy atom. The molecule has 1 aromatic heterocycles. The molecule has 0 fully saturated rings. The van der Waals surface area contributed by atoms with E-state index in [1.165, 1.54) is 11.0 Å². The zero-order valence-electron chi connectivity index (χ0n) is 12.0. The summed E-state index contributed by atoms with van der Waals surface area (Å²) in [7, 11) is 3.32. The summed E-state index contributed by atoms with van der Waals surface area (Å²) in [6.07, 6.45) is 0. The minimum Gasteiger partial charge on any atom is -0.439 e. The van der Waals surface area contributed by atoms with Gasteiger partial charge in [-0.15, -0.1) is 0 Å². The second kappa shape index (κ2) is 6.78. The Balaban J connectivity index is 2.07. The number of halogens is 1. The summed E-state index contributed by atoms with van der Waals surface area (Å²) >= 11 is 5.84. The summed E-state index contributed by atoms with van der Waals surface area (Å²) < 4.78 is 5.54. The van der Waals surface area contributed by atoms with Gasteiger partial charge in [0.05, 0.1) is 5.56 Å². The van der Waals surface area contributed by atoms with Crippen LogP contribution < -0.4 is 10.1 Å². The Morgan fingerprint density at radius 1 is 1.27 bits per heavy atom. The van der Waals surface area contributed by atoms with Gasteiger partial charge in [-0.25, -0.2) is 4.79 Å². The number of nitrogens with zero attached hydrogens (tertiary/aromatic N) is 3. The molecule has 0 unspecified atom stereocenters. The number of nitriles is 1. The molecule has 2 amide bonds. The van der Waals surface area contributed by atoms with E-state index >= 15 is 0 Å². The van der Waals surface area contributed by atoms with Gasteiger partial charge >= 0.3 is 6.03 Å². The summed E-state index contributed by atoms with van der Waals surface area (Å²) in [5, 5.41) is 11.6. The maximum atomic E-state index is 11.5. The Morgan fingerprint density at radius 3 is 2.50 bits per heavy atom. The van der Waals surface area contributed by atoms with E-state index in [-0.39, 0.29) is 22.6 Å². The summed E-state index contributed by atoms with van der Waals surface area (Å²) in [6, 6.07) is 11.6. The molecular formula is C15H13ClN4O2. The fourth-order valence-electron chi connectivity index (χ4n) is 1.52. The SMILES string of the molecule is CN(C)C(=O)Nc1ccc(Oc2ccc(C#N)c(Cl)n2)cc1. The molecule has 0 bridgehead atoms. The first kappa shape index (κ1) is 15.6. The first-order valence-electron chi connectivity index (χ1n) is 6.32. The fourth-order valence-corrected chi connectivity index (χ4v) is 1.71. The molecule has 0 aliphatic rings. The van der Waals surface area contributed by atoms with E-state index in [4.69, 9.17) is 21.6 Å². The number of amides is 2. The van der Waals surface area contributed by atoms with E-state index in [0.717, 1.165) is 0 Å². The van der Waals surface area contributed by atoms with Crippen LogP contribution in [0.5, 0.6) is 11.6 Å². The Labute approximate surface area is 132 Å². The van der Waals surface area contributed by atoms with Gasteiger partial charge in [0.25, 0.3) is 0 Å². The third-order valence-corrected chi connectivity index (χ3v) is 2.97. The molecule has 0 aliphatic heterocycles. The minimum atomic E-state index is -0.214. The lowest BCUT2D eigenvalue weighted by molar-refractivity contribution is 0.230. The highest BCUT2D eigenvalue weighted by Crippen LogP contribution is 2.24. The van der Waals surface area contributed by atoms with Gasteiger partial charge in [-0.1, -0.05) is 11.6 Å². The molecule has 0 atom stereocenters. The van der Waals surface area contributed by atoms with Crippen LogP contribution in [0, 0.1) is 11.3 Å². The third kappa shape index (κ3) is 3.87. The van der Waals surface area contributed by atoms with Crippen LogP contribution in [-0.2, 0) is 0 Å². The van der Waals surface area contributed by atoms with E-state index in [9.17, 15) is 4.79 Å². The van der Waals surface area contributed by atoms with Crippen LogP contribution in [0.4, 0.5) is 10.5 Å². The maximum absolute atomic E-state index is 11.5. The zero-order chi connectivity index (χ0) is 16.1. The Kier molecular flexibility index (Phi) is 4.81. The van der Waals surface area contributed by atoms with Crippen LogP contribution in [-0.4, -0.2) is 30.0 Å². The second-order valence-corrected chi connectivity index (χ2v) is 4.91. The molecule has 6 nitrogen and oxygen atoms in total. The number of nitrogens with one attached hydrogen (secondary N) is 1. The van der Waals surface area contributed by atoms with Crippen molar-refractivity contribution < 1.29 is 9.53 Å². The van der Waals surface area contributed by atoms with Crippen molar-refractivity contribution in [1.29, 1.82) is 5.26 Å². The number of carbonyl (C=O) groups is 1. The molecular weight excluding hydrogens is 304 g/mol. The maximum Gasteiger partial charge on any atom is 0.321 e. The van der Waals surface area contributed by atoms with E-state index in [1.807, 2.05) is 6.07 Å². The van der Waals surface area contributed by atoms with Gasteiger partial charge in [0.15, 0.2) is 5.15 Å². The average molecular weight is 317 g/mol. The molecule has 112 valence electrons. The molecule has 2 aromatic rings. The van der Waals surface area contributed by atoms with Crippen molar-refractivity contribution in [3.8, 4) is 17.7 Å². The molecule has 0 saturated carbocycles. The minimum absolute atomic E-state index is 0.0925. The largest absolute Gasteiger partial charge is 0.439 e. The van der Waals surface area contributed by atoms with Crippen molar-refractivity contribution >= 4 is 23.3 Å². The normalized spacial score (nSPS) is 9.73. The molecule has 7 heteroatoms. The number of rotatable bonds is 3. The predicted molar refractivity (Wildman–Crippen MR) is 83.2 cm³/mol. The van der Waals surface area contributed by atoms with E-state index in [0.29, 0.717) is 11.4 Å². The first-order valence-corrected chi connectivity index (χ1v) is 6.70. The van der Waals surface area contributed by atoms with Gasteiger partial charge in [0.1, 0.15) is 11.8 Å². The zero-order valence-corrected chi connectivity index (χ0v) is 12.8. The highest BCUT2D eigenvalue weighted by atomic mass is 35.5. The van der Waals surface area contributed by atoms with Crippen LogP contribution >= 0.6 is 11.6 Å². The van der Waals surface area contributed by atoms with Crippen molar-refractivity contribution in [2.75, 3.05) is 19.4 Å². The van der Waals surface area contributed by atoms with Gasteiger partial charge in [0.2, 0.25) is 5.88 Å². The van der Waals surface area contributed by atoms with Crippen LogP contribution in [0.2, 0.25) is 5.15 Å². The van der Waals surface area contributed by atoms with Crippen molar-refractivity contribution in [2.45, 2.75) is 0 Å². The second-order valence-electron chi connectivity index (χ2n) is 4.55. The smallest absolute Gasteiger partial charge is 0.321 e. The van der Waals surface area contributed by atoms with Gasteiger partial charge in [0, 0.05) is 25.8 Å². The van der Waals surface area contributed by atoms with Crippen LogP contribution in [0.15, 0.2) is 36.4 Å². The number of ether oxygens (including phenoxy) is 1. The van der Waals surface area contributed by atoms with Gasteiger partial charge in [-0.05, 0) is 30.3 Å². The predicted octanol–water partition coefficient (Wildman–Crippen LogP) is 3.49. The average Bonchev–Trinajstić information content (AvgIpc) is 2.49. The van der Waals surface area contributed by atoms with Gasteiger partial charge in [-0.2, -0.15) is 10.2 Å². The monoisotopic (exact) mass is 316 g/mol. The lowest BCUT2D eigenvalue weighted by Gasteiger charge is -2.12. The summed E-state index contributed by atoms with van der Waals surface area (Å²) in [5.74, 6) is 0.824. The Hall–Kier alpha value is -2.78. The number of aromatic nitrogens is 1. The molecule has 0 radical (unpaired) electrons. The number of urea groups is 1. The molecule has 22 heavy (non-hydrogen) atoms. The standard InChI is InChI=1S/C15H13ClN4O2/c1-20(2)15(21)18-11-4-6-12(7-5-11)22-13-8-3-10(9-17)14(16)19-13/h3-8H,1-2H3,(H,18,21). The Bertz CT molecular complexity index is 723. The number of carbonyl (C=O) groups excluding carboxylic acids is 1. The molecule has 0 spiro atoms. The van der Waals surface area contributed by atoms with Crippen molar-refractivity contribution in [3.05, 3.63) is 47.1 Å². The summed E-state index contributed by atoms with van der Waals surface area (Å²) in [5.41, 5.74) is 0.938. The summed E-state index contributed by atoms with van der Waals surface area (Å²) in [6.45, 7) is 0. The first-order chi connectivity index (χ1) is 10.5. The molecule has 1 N–H and O–H groups in total. The molecule has 2 rings (SSSR count). The van der Waals surface area contributed by atoms with E-state index in [1.54, 1.807) is 44.4 Å². The topological polar surface area (TPSA) is 78.3 Å². The number of hydrogen-bond acceptors (Lipinski definition) is 4. The van der Waals surface area contributed by atoms with Crippen molar-refractivity contribution in [2.24, 2.45) is 0 Å². The fraction of sp³-hybridized carbons (Fsp3) is 0.133. The lowest BCUT2D eigenvalue weighted by Crippen LogP contribution is -2.27. The molecule has 1 aromatic carbocycles. The van der Waals surface area contributed by atoms with E-state index in [2.05, 4.69) is 10.3 Å². The van der Waals surface area contributed by atoms with Gasteiger partial charge < -0.3 is 15.0 Å². The van der Waals surface area contributed by atoms with Crippen LogP contribution in [0.3, 0.4) is 0 Å². The molecule has 0 aliphatic carbocycles. The number of benzene rings is 1. The third-order valence-electron chi connectivity index (χ3n) is 2.68. The van der Waals surface area contributed by atoms with Crippen molar-refractivity contribution in [1.82, 2.24) is 9.88 Å². The van der Waals surface area contributed by atoms with Crippen molar-refractivity contribution in [3.63, 3.8) is 0 Å². The summed E-state index contributed by atoms with van der Waals surface area (Å²) in [4.78, 5) is 16.9. The number of pyridine rings is 1. The highest BCUT2D eigenvalue weighted by Gasteiger charge is 2.06. The number of anilines is 1. The van der Waals surface area contributed by atoms with Crippen LogP contribution in [0.1, 0.15) is 5.56 Å². The molecule has 0 saturated heterocycles. The molecule has 1 heterocycles. The highest BCUT2D eigenvalue weighted by molar-refractivity contribution is 6.30. The quantitative estimate of drug-likeness (QED) is 0.879. The van der Waals surface area contributed by atoms with E-state index < -0.39 is 0 Å². The lowest BCUT2D eigenvalue weighted by atomic mass is 10.3. The number of hydrogen-bond donors (Lipinski definition) is 1.